The Bertz CT molecular complexity index is 549. The van der Waals surface area contributed by atoms with E-state index in [9.17, 15) is 0 Å². The lowest BCUT2D eigenvalue weighted by atomic mass is 10.2. The molecule has 0 bridgehead atoms. The largest absolute Gasteiger partial charge is 0.497 e. The maximum Gasteiger partial charge on any atom is 0.121 e. The smallest absolute Gasteiger partial charge is 0.121 e. The van der Waals surface area contributed by atoms with Crippen molar-refractivity contribution in [3.8, 4) is 5.75 Å². The van der Waals surface area contributed by atoms with Crippen LogP contribution < -0.4 is 15.4 Å². The van der Waals surface area contributed by atoms with Crippen LogP contribution in [0.4, 0.5) is 11.4 Å². The van der Waals surface area contributed by atoms with Crippen LogP contribution in [0.25, 0.3) is 0 Å². The lowest BCUT2D eigenvalue weighted by Crippen LogP contribution is -2.25. The van der Waals surface area contributed by atoms with Gasteiger partial charge in [0.2, 0.25) is 0 Å². The van der Waals surface area contributed by atoms with E-state index in [1.807, 2.05) is 12.1 Å². The molecule has 1 aromatic carbocycles. The molecule has 0 unspecified atom stereocenters. The fourth-order valence-electron chi connectivity index (χ4n) is 2.29. The van der Waals surface area contributed by atoms with E-state index in [-0.39, 0.29) is 0 Å². The molecular formula is C15H18N2OS. The molecule has 0 saturated heterocycles. The first-order valence-corrected chi connectivity index (χ1v) is 7.38. The van der Waals surface area contributed by atoms with E-state index in [0.29, 0.717) is 6.04 Å². The maximum atomic E-state index is 6.17. The molecule has 1 fully saturated rings. The van der Waals surface area contributed by atoms with E-state index in [1.54, 1.807) is 18.4 Å². The zero-order chi connectivity index (χ0) is 13.2. The van der Waals surface area contributed by atoms with E-state index in [4.69, 9.17) is 10.5 Å². The van der Waals surface area contributed by atoms with Gasteiger partial charge in [0.25, 0.3) is 0 Å². The van der Waals surface area contributed by atoms with Crippen molar-refractivity contribution in [3.63, 3.8) is 0 Å². The third-order valence-electron chi connectivity index (χ3n) is 3.44. The summed E-state index contributed by atoms with van der Waals surface area (Å²) in [5, 5.41) is 2.12. The average molecular weight is 274 g/mol. The number of nitrogen functional groups attached to an aromatic ring is 1. The molecular weight excluding hydrogens is 256 g/mol. The molecule has 19 heavy (non-hydrogen) atoms. The molecule has 2 N–H and O–H groups in total. The van der Waals surface area contributed by atoms with Gasteiger partial charge in [-0.1, -0.05) is 6.07 Å². The first-order valence-electron chi connectivity index (χ1n) is 6.50. The quantitative estimate of drug-likeness (QED) is 0.848. The Balaban J connectivity index is 1.87. The van der Waals surface area contributed by atoms with Gasteiger partial charge >= 0.3 is 0 Å². The summed E-state index contributed by atoms with van der Waals surface area (Å²) in [4.78, 5) is 3.79. The molecule has 1 aliphatic carbocycles. The fraction of sp³-hybridized carbons (Fsp3) is 0.333. The minimum Gasteiger partial charge on any atom is -0.497 e. The van der Waals surface area contributed by atoms with Crippen LogP contribution in [0.15, 0.2) is 35.7 Å². The number of nitrogens with two attached hydrogens (primary N) is 1. The van der Waals surface area contributed by atoms with Gasteiger partial charge in [-0.2, -0.15) is 0 Å². The molecule has 4 heteroatoms. The van der Waals surface area contributed by atoms with Crippen molar-refractivity contribution in [2.24, 2.45) is 0 Å². The van der Waals surface area contributed by atoms with Gasteiger partial charge in [0.15, 0.2) is 0 Å². The zero-order valence-electron chi connectivity index (χ0n) is 11.0. The summed E-state index contributed by atoms with van der Waals surface area (Å²) in [7, 11) is 1.67. The second-order valence-electron chi connectivity index (χ2n) is 4.86. The van der Waals surface area contributed by atoms with Crippen LogP contribution in [0, 0.1) is 0 Å². The van der Waals surface area contributed by atoms with Crippen LogP contribution in [0.2, 0.25) is 0 Å². The van der Waals surface area contributed by atoms with Gasteiger partial charge < -0.3 is 15.4 Å². The normalized spacial score (nSPS) is 14.4. The Morgan fingerprint density at radius 1 is 1.37 bits per heavy atom. The van der Waals surface area contributed by atoms with Gasteiger partial charge in [0, 0.05) is 17.0 Å². The van der Waals surface area contributed by atoms with Gasteiger partial charge in [0.1, 0.15) is 5.75 Å². The van der Waals surface area contributed by atoms with E-state index in [0.717, 1.165) is 23.7 Å². The van der Waals surface area contributed by atoms with E-state index in [1.165, 1.54) is 17.7 Å². The molecule has 1 aromatic heterocycles. The number of hydrogen-bond acceptors (Lipinski definition) is 4. The van der Waals surface area contributed by atoms with Crippen molar-refractivity contribution in [1.29, 1.82) is 0 Å². The van der Waals surface area contributed by atoms with Gasteiger partial charge in [0.05, 0.1) is 25.0 Å². The Morgan fingerprint density at radius 2 is 2.21 bits per heavy atom. The summed E-state index contributed by atoms with van der Waals surface area (Å²) in [6, 6.07) is 10.9. The Hall–Kier alpha value is -1.68. The number of anilines is 2. The standard InChI is InChI=1S/C15H18N2OS/c1-18-12-6-7-15(14(16)9-12)17(11-4-5-11)10-13-3-2-8-19-13/h2-3,6-9,11H,4-5,10,16H2,1H3. The number of nitrogens with zero attached hydrogens (tertiary/aromatic N) is 1. The summed E-state index contributed by atoms with van der Waals surface area (Å²) in [5.41, 5.74) is 8.09. The molecule has 0 atom stereocenters. The van der Waals surface area contributed by atoms with Crippen LogP contribution >= 0.6 is 11.3 Å². The molecule has 0 spiro atoms. The second-order valence-corrected chi connectivity index (χ2v) is 5.90. The highest BCUT2D eigenvalue weighted by atomic mass is 32.1. The summed E-state index contributed by atoms with van der Waals surface area (Å²) in [5.74, 6) is 0.813. The highest BCUT2D eigenvalue weighted by molar-refractivity contribution is 7.09. The van der Waals surface area contributed by atoms with Crippen molar-refractivity contribution in [2.45, 2.75) is 25.4 Å². The summed E-state index contributed by atoms with van der Waals surface area (Å²) < 4.78 is 5.22. The molecule has 0 radical (unpaired) electrons. The predicted octanol–water partition coefficient (Wildman–Crippen LogP) is 3.51. The second kappa shape index (κ2) is 5.13. The molecule has 1 heterocycles. The van der Waals surface area contributed by atoms with E-state index in [2.05, 4.69) is 28.5 Å². The summed E-state index contributed by atoms with van der Waals surface area (Å²) in [6.07, 6.45) is 2.52. The van der Waals surface area contributed by atoms with Crippen molar-refractivity contribution in [2.75, 3.05) is 17.7 Å². The Morgan fingerprint density at radius 3 is 2.79 bits per heavy atom. The predicted molar refractivity (Wildman–Crippen MR) is 80.9 cm³/mol. The lowest BCUT2D eigenvalue weighted by molar-refractivity contribution is 0.415. The molecule has 1 aliphatic rings. The van der Waals surface area contributed by atoms with E-state index >= 15 is 0 Å². The number of hydrogen-bond donors (Lipinski definition) is 1. The molecule has 3 nitrogen and oxygen atoms in total. The number of ether oxygens (including phenoxy) is 1. The third kappa shape index (κ3) is 2.68. The minimum atomic E-state index is 0.637. The van der Waals surface area contributed by atoms with Crippen molar-refractivity contribution in [1.82, 2.24) is 0 Å². The average Bonchev–Trinajstić information content (AvgIpc) is 3.14. The molecule has 0 amide bonds. The van der Waals surface area contributed by atoms with Gasteiger partial charge in [-0.25, -0.2) is 0 Å². The van der Waals surface area contributed by atoms with E-state index < -0.39 is 0 Å². The summed E-state index contributed by atoms with van der Waals surface area (Å²) in [6.45, 7) is 0.943. The first kappa shape index (κ1) is 12.4. The van der Waals surface area contributed by atoms with Crippen LogP contribution in [0.3, 0.4) is 0 Å². The van der Waals surface area contributed by atoms with Crippen molar-refractivity contribution >= 4 is 22.7 Å². The molecule has 1 saturated carbocycles. The molecule has 0 aliphatic heterocycles. The van der Waals surface area contributed by atoms with Gasteiger partial charge in [-0.3, -0.25) is 0 Å². The fourth-order valence-corrected chi connectivity index (χ4v) is 2.99. The van der Waals surface area contributed by atoms with Crippen LogP contribution in [0.1, 0.15) is 17.7 Å². The van der Waals surface area contributed by atoms with Crippen LogP contribution in [-0.2, 0) is 6.54 Å². The minimum absolute atomic E-state index is 0.637. The number of thiophene rings is 1. The topological polar surface area (TPSA) is 38.5 Å². The highest BCUT2D eigenvalue weighted by Gasteiger charge is 2.30. The van der Waals surface area contributed by atoms with Crippen LogP contribution in [-0.4, -0.2) is 13.2 Å². The lowest BCUT2D eigenvalue weighted by Gasteiger charge is -2.25. The molecule has 100 valence electrons. The van der Waals surface area contributed by atoms with Crippen molar-refractivity contribution < 1.29 is 4.74 Å². The maximum absolute atomic E-state index is 6.17. The number of benzene rings is 1. The molecule has 3 rings (SSSR count). The SMILES string of the molecule is COc1ccc(N(Cc2cccs2)C2CC2)c(N)c1. The van der Waals surface area contributed by atoms with Gasteiger partial charge in [-0.05, 0) is 36.4 Å². The van der Waals surface area contributed by atoms with Crippen molar-refractivity contribution in [3.05, 3.63) is 40.6 Å². The first-order chi connectivity index (χ1) is 9.28. The number of rotatable bonds is 5. The molecule has 2 aromatic rings. The van der Waals surface area contributed by atoms with Crippen LogP contribution in [0.5, 0.6) is 5.75 Å². The zero-order valence-corrected chi connectivity index (χ0v) is 11.8. The third-order valence-corrected chi connectivity index (χ3v) is 4.30. The summed E-state index contributed by atoms with van der Waals surface area (Å²) >= 11 is 1.80. The Kier molecular flexibility index (Phi) is 3.34. The Labute approximate surface area is 117 Å². The highest BCUT2D eigenvalue weighted by Crippen LogP contribution is 2.37. The monoisotopic (exact) mass is 274 g/mol. The van der Waals surface area contributed by atoms with Gasteiger partial charge in [-0.15, -0.1) is 11.3 Å². The number of methoxy groups -OCH3 is 1.